The molecule has 0 saturated carbocycles. The van der Waals surface area contributed by atoms with E-state index in [2.05, 4.69) is 6.92 Å². The van der Waals surface area contributed by atoms with Crippen molar-refractivity contribution in [3.05, 3.63) is 6.92 Å². The lowest BCUT2D eigenvalue weighted by atomic mass is 9.85. The van der Waals surface area contributed by atoms with Crippen LogP contribution in [0.4, 0.5) is 0 Å². The molecule has 1 radical (unpaired) electrons. The van der Waals surface area contributed by atoms with Crippen molar-refractivity contribution in [3.8, 4) is 0 Å². The summed E-state index contributed by atoms with van der Waals surface area (Å²) in [5.74, 6) is -0.733. The van der Waals surface area contributed by atoms with Gasteiger partial charge in [-0.1, -0.05) is 20.3 Å². The quantitative estimate of drug-likeness (QED) is 0.654. The Bertz CT molecular complexity index is 116. The minimum absolute atomic E-state index is 0.0572. The topological polar surface area (TPSA) is 37.3 Å². The lowest BCUT2D eigenvalue weighted by Gasteiger charge is -2.20. The molecule has 0 aliphatic carbocycles. The highest BCUT2D eigenvalue weighted by Crippen LogP contribution is 2.25. The maximum atomic E-state index is 10.1. The van der Waals surface area contributed by atoms with Gasteiger partial charge >= 0.3 is 5.97 Å². The Morgan fingerprint density at radius 2 is 2.20 bits per heavy atom. The molecule has 0 aromatic carbocycles. The van der Waals surface area contributed by atoms with E-state index in [1.165, 1.54) is 0 Å². The predicted octanol–water partition coefficient (Wildman–Crippen LogP) is 2.10. The Balaban J connectivity index is 3.56. The Kier molecular flexibility index (Phi) is 3.40. The number of carbonyl (C=O) groups is 1. The van der Waals surface area contributed by atoms with E-state index in [-0.39, 0.29) is 11.8 Å². The molecule has 1 N–H and O–H groups in total. The Labute approximate surface area is 62.2 Å². The normalized spacial score (nSPS) is 11.5. The second-order valence-electron chi connectivity index (χ2n) is 3.06. The minimum Gasteiger partial charge on any atom is -0.481 e. The molecule has 0 amide bonds. The van der Waals surface area contributed by atoms with Crippen molar-refractivity contribution in [2.24, 2.45) is 5.41 Å². The second-order valence-corrected chi connectivity index (χ2v) is 3.06. The largest absolute Gasteiger partial charge is 0.481 e. The molecule has 0 saturated heterocycles. The van der Waals surface area contributed by atoms with Crippen molar-refractivity contribution in [3.63, 3.8) is 0 Å². The molecule has 0 fully saturated rings. The van der Waals surface area contributed by atoms with Crippen molar-refractivity contribution in [1.82, 2.24) is 0 Å². The lowest BCUT2D eigenvalue weighted by molar-refractivity contribution is -0.137. The molecule has 0 rings (SSSR count). The molecule has 59 valence electrons. The highest BCUT2D eigenvalue weighted by molar-refractivity contribution is 5.66. The Morgan fingerprint density at radius 3 is 2.50 bits per heavy atom. The summed E-state index contributed by atoms with van der Waals surface area (Å²) < 4.78 is 0. The molecule has 10 heavy (non-hydrogen) atoms. The fourth-order valence-electron chi connectivity index (χ4n) is 0.585. The van der Waals surface area contributed by atoms with Gasteiger partial charge in [-0.2, -0.15) is 0 Å². The van der Waals surface area contributed by atoms with Gasteiger partial charge in [-0.05, 0) is 18.8 Å². The van der Waals surface area contributed by atoms with Gasteiger partial charge in [-0.15, -0.1) is 0 Å². The van der Waals surface area contributed by atoms with Gasteiger partial charge < -0.3 is 5.11 Å². The molecule has 1 atom stereocenters. The minimum atomic E-state index is -0.733. The van der Waals surface area contributed by atoms with E-state index in [1.807, 2.05) is 13.8 Å². The van der Waals surface area contributed by atoms with Crippen molar-refractivity contribution in [1.29, 1.82) is 0 Å². The van der Waals surface area contributed by atoms with Crippen LogP contribution >= 0.6 is 0 Å². The molecule has 2 nitrogen and oxygen atoms in total. The van der Waals surface area contributed by atoms with E-state index in [9.17, 15) is 4.79 Å². The number of hydrogen-bond donors (Lipinski definition) is 1. The number of aliphatic carboxylic acids is 1. The van der Waals surface area contributed by atoms with Gasteiger partial charge in [0.25, 0.3) is 0 Å². The number of carboxylic acids is 1. The van der Waals surface area contributed by atoms with Gasteiger partial charge in [-0.3, -0.25) is 4.79 Å². The van der Waals surface area contributed by atoms with E-state index in [0.29, 0.717) is 6.42 Å². The fourth-order valence-corrected chi connectivity index (χ4v) is 0.585. The van der Waals surface area contributed by atoms with Crippen LogP contribution in [0.25, 0.3) is 0 Å². The third-order valence-electron chi connectivity index (χ3n) is 1.80. The molecule has 2 heteroatoms. The molecule has 0 aromatic rings. The molecule has 0 aromatic heterocycles. The molecule has 0 aliphatic heterocycles. The summed E-state index contributed by atoms with van der Waals surface area (Å²) in [6.45, 7) is 7.90. The van der Waals surface area contributed by atoms with Gasteiger partial charge in [0, 0.05) is 6.42 Å². The molecule has 0 bridgehead atoms. The van der Waals surface area contributed by atoms with E-state index in [1.54, 1.807) is 0 Å². The van der Waals surface area contributed by atoms with Crippen LogP contribution in [0.1, 0.15) is 33.1 Å². The smallest absolute Gasteiger partial charge is 0.303 e. The van der Waals surface area contributed by atoms with Gasteiger partial charge in [0.15, 0.2) is 0 Å². The van der Waals surface area contributed by atoms with Crippen LogP contribution in [0, 0.1) is 12.3 Å². The second kappa shape index (κ2) is 3.59. The van der Waals surface area contributed by atoms with Crippen LogP contribution in [-0.4, -0.2) is 11.1 Å². The summed E-state index contributed by atoms with van der Waals surface area (Å²) in [6, 6.07) is 0. The Morgan fingerprint density at radius 1 is 1.70 bits per heavy atom. The number of hydrogen-bond acceptors (Lipinski definition) is 1. The van der Waals surface area contributed by atoms with Crippen molar-refractivity contribution in [2.45, 2.75) is 33.1 Å². The number of carboxylic acid groups (broad SMARTS) is 1. The van der Waals surface area contributed by atoms with Gasteiger partial charge in [0.1, 0.15) is 0 Å². The van der Waals surface area contributed by atoms with Crippen LogP contribution in [0.2, 0.25) is 0 Å². The zero-order valence-electron chi connectivity index (χ0n) is 6.68. The van der Waals surface area contributed by atoms with Crippen molar-refractivity contribution in [2.75, 3.05) is 0 Å². The van der Waals surface area contributed by atoms with Crippen LogP contribution in [0.3, 0.4) is 0 Å². The van der Waals surface area contributed by atoms with Crippen LogP contribution in [0.15, 0.2) is 0 Å². The first kappa shape index (κ1) is 9.47. The molecule has 0 spiro atoms. The average Bonchev–Trinajstić information content (AvgIpc) is 1.85. The van der Waals surface area contributed by atoms with E-state index >= 15 is 0 Å². The van der Waals surface area contributed by atoms with E-state index in [0.717, 1.165) is 6.42 Å². The lowest BCUT2D eigenvalue weighted by Crippen LogP contribution is -2.12. The zero-order chi connectivity index (χ0) is 8.20. The molecule has 0 heterocycles. The standard InChI is InChI=1S/C8H15O2/c1-4-8(2,3)6-5-7(9)10/h2,4-6H2,1,3H3,(H,9,10). The highest BCUT2D eigenvalue weighted by atomic mass is 16.4. The predicted molar refractivity (Wildman–Crippen MR) is 40.6 cm³/mol. The fraction of sp³-hybridized carbons (Fsp3) is 0.750. The van der Waals surface area contributed by atoms with Crippen molar-refractivity contribution >= 4 is 5.97 Å². The van der Waals surface area contributed by atoms with Gasteiger partial charge in [0.2, 0.25) is 0 Å². The van der Waals surface area contributed by atoms with Gasteiger partial charge in [0.05, 0.1) is 0 Å². The van der Waals surface area contributed by atoms with Gasteiger partial charge in [-0.25, -0.2) is 0 Å². The number of rotatable bonds is 4. The third-order valence-corrected chi connectivity index (χ3v) is 1.80. The highest BCUT2D eigenvalue weighted by Gasteiger charge is 2.15. The maximum absolute atomic E-state index is 10.1. The molecular formula is C8H15O2. The summed E-state index contributed by atoms with van der Waals surface area (Å²) in [4.78, 5) is 10.1. The molecular weight excluding hydrogens is 128 g/mol. The summed E-state index contributed by atoms with van der Waals surface area (Å²) in [5.41, 5.74) is -0.0572. The summed E-state index contributed by atoms with van der Waals surface area (Å²) in [5, 5.41) is 8.34. The first-order valence-electron chi connectivity index (χ1n) is 3.55. The summed E-state index contributed by atoms with van der Waals surface area (Å²) in [6.07, 6.45) is 1.83. The van der Waals surface area contributed by atoms with E-state index < -0.39 is 5.97 Å². The Hall–Kier alpha value is -0.530. The summed E-state index contributed by atoms with van der Waals surface area (Å²) in [7, 11) is 0. The average molecular weight is 143 g/mol. The van der Waals surface area contributed by atoms with Crippen LogP contribution < -0.4 is 0 Å². The summed E-state index contributed by atoms with van der Waals surface area (Å²) >= 11 is 0. The first-order chi connectivity index (χ1) is 4.48. The monoisotopic (exact) mass is 143 g/mol. The van der Waals surface area contributed by atoms with Crippen LogP contribution in [-0.2, 0) is 4.79 Å². The molecule has 1 unspecified atom stereocenters. The molecule has 0 aliphatic rings. The van der Waals surface area contributed by atoms with Crippen LogP contribution in [0.5, 0.6) is 0 Å². The first-order valence-corrected chi connectivity index (χ1v) is 3.55. The zero-order valence-corrected chi connectivity index (χ0v) is 6.68. The SMILES string of the molecule is [CH2]C(C)(CC)CCC(=O)O. The van der Waals surface area contributed by atoms with Crippen molar-refractivity contribution < 1.29 is 9.90 Å². The third kappa shape index (κ3) is 4.36. The maximum Gasteiger partial charge on any atom is 0.303 e. The van der Waals surface area contributed by atoms with E-state index in [4.69, 9.17) is 5.11 Å².